The Morgan fingerprint density at radius 3 is 2.77 bits per heavy atom. The number of carbonyl (C=O) groups is 1. The Hall–Kier alpha value is -2.04. The van der Waals surface area contributed by atoms with E-state index in [2.05, 4.69) is 5.32 Å². The number of ether oxygens (including phenoxy) is 2. The van der Waals surface area contributed by atoms with Gasteiger partial charge >= 0.3 is 5.97 Å². The van der Waals surface area contributed by atoms with Gasteiger partial charge in [0.2, 0.25) is 0 Å². The number of benzene rings is 2. The molecule has 0 unspecified atom stereocenters. The van der Waals surface area contributed by atoms with Crippen LogP contribution >= 0.6 is 11.6 Å². The summed E-state index contributed by atoms with van der Waals surface area (Å²) in [6.45, 7) is 1.16. The first-order valence-electron chi connectivity index (χ1n) is 7.00. The summed E-state index contributed by atoms with van der Waals surface area (Å²) < 4.78 is 10.6. The summed E-state index contributed by atoms with van der Waals surface area (Å²) in [6, 6.07) is 13.1. The van der Waals surface area contributed by atoms with Crippen LogP contribution in [0.5, 0.6) is 5.75 Å². The quantitative estimate of drug-likeness (QED) is 0.863. The van der Waals surface area contributed by atoms with Gasteiger partial charge in [0.25, 0.3) is 0 Å². The smallest absolute Gasteiger partial charge is 0.337 e. The van der Waals surface area contributed by atoms with Crippen LogP contribution in [0.3, 0.4) is 0 Å². The van der Waals surface area contributed by atoms with Gasteiger partial charge in [-0.15, -0.1) is 0 Å². The van der Waals surface area contributed by atoms with Crippen LogP contribution in [-0.4, -0.2) is 19.7 Å². The fourth-order valence-electron chi connectivity index (χ4n) is 2.45. The second kappa shape index (κ2) is 6.38. The minimum atomic E-state index is -0.363. The Bertz CT molecular complexity index is 685. The van der Waals surface area contributed by atoms with Crippen molar-refractivity contribution >= 4 is 17.6 Å². The maximum Gasteiger partial charge on any atom is 0.337 e. The molecule has 0 saturated heterocycles. The zero-order valence-corrected chi connectivity index (χ0v) is 12.9. The molecule has 5 heteroatoms. The zero-order valence-electron chi connectivity index (χ0n) is 12.1. The maximum atomic E-state index is 11.6. The van der Waals surface area contributed by atoms with Crippen LogP contribution in [-0.2, 0) is 11.3 Å². The third-order valence-electron chi connectivity index (χ3n) is 3.71. The van der Waals surface area contributed by atoms with Crippen LogP contribution in [0.15, 0.2) is 42.5 Å². The highest BCUT2D eigenvalue weighted by atomic mass is 35.5. The molecule has 0 spiro atoms. The molecule has 1 atom stereocenters. The third-order valence-corrected chi connectivity index (χ3v) is 3.96. The van der Waals surface area contributed by atoms with Gasteiger partial charge in [-0.25, -0.2) is 4.79 Å². The van der Waals surface area contributed by atoms with Gasteiger partial charge in [0.15, 0.2) is 0 Å². The fourth-order valence-corrected chi connectivity index (χ4v) is 2.58. The van der Waals surface area contributed by atoms with Crippen LogP contribution in [0.1, 0.15) is 27.5 Å². The van der Waals surface area contributed by atoms with E-state index in [4.69, 9.17) is 21.1 Å². The van der Waals surface area contributed by atoms with E-state index in [1.165, 1.54) is 7.11 Å². The topological polar surface area (TPSA) is 47.6 Å². The molecule has 1 aliphatic rings. The van der Waals surface area contributed by atoms with E-state index in [-0.39, 0.29) is 12.0 Å². The standard InChI is InChI=1S/C17H16ClNO3/c1-21-17(20)12-2-3-13-9-19-15(10-22-16(13)8-12)11-4-6-14(18)7-5-11/h2-8,15,19H,9-10H2,1H3/t15-/m1/s1. The molecule has 0 aromatic heterocycles. The van der Waals surface area contributed by atoms with Gasteiger partial charge in [0, 0.05) is 17.1 Å². The molecular formula is C17H16ClNO3. The van der Waals surface area contributed by atoms with E-state index in [1.54, 1.807) is 12.1 Å². The first-order valence-corrected chi connectivity index (χ1v) is 7.38. The molecule has 0 bridgehead atoms. The third kappa shape index (κ3) is 3.08. The summed E-state index contributed by atoms with van der Waals surface area (Å²) >= 11 is 5.92. The van der Waals surface area contributed by atoms with Crippen molar-refractivity contribution in [3.63, 3.8) is 0 Å². The summed E-state index contributed by atoms with van der Waals surface area (Å²) in [5.74, 6) is 0.352. The highest BCUT2D eigenvalue weighted by Crippen LogP contribution is 2.27. The number of hydrogen-bond acceptors (Lipinski definition) is 4. The van der Waals surface area contributed by atoms with E-state index < -0.39 is 0 Å². The molecule has 3 rings (SSSR count). The molecule has 0 fully saturated rings. The number of hydrogen-bond donors (Lipinski definition) is 1. The Labute approximate surface area is 134 Å². The van der Waals surface area contributed by atoms with Crippen LogP contribution in [0.25, 0.3) is 0 Å². The normalized spacial score (nSPS) is 17.1. The minimum absolute atomic E-state index is 0.0752. The lowest BCUT2D eigenvalue weighted by molar-refractivity contribution is 0.0600. The van der Waals surface area contributed by atoms with Gasteiger partial charge in [-0.2, -0.15) is 0 Å². The van der Waals surface area contributed by atoms with Gasteiger partial charge < -0.3 is 14.8 Å². The van der Waals surface area contributed by atoms with E-state index >= 15 is 0 Å². The van der Waals surface area contributed by atoms with Gasteiger partial charge in [-0.1, -0.05) is 29.8 Å². The number of esters is 1. The highest BCUT2D eigenvalue weighted by molar-refractivity contribution is 6.30. The minimum Gasteiger partial charge on any atom is -0.491 e. The second-order valence-electron chi connectivity index (χ2n) is 5.11. The van der Waals surface area contributed by atoms with Crippen LogP contribution in [0.4, 0.5) is 0 Å². The number of fused-ring (bicyclic) bond motifs is 1. The van der Waals surface area contributed by atoms with Crippen LogP contribution < -0.4 is 10.1 Å². The summed E-state index contributed by atoms with van der Waals surface area (Å²) in [5, 5.41) is 4.16. The summed E-state index contributed by atoms with van der Waals surface area (Å²) in [6.07, 6.45) is 0. The van der Waals surface area contributed by atoms with Gasteiger partial charge in [0.1, 0.15) is 12.4 Å². The second-order valence-corrected chi connectivity index (χ2v) is 5.55. The van der Waals surface area contributed by atoms with Crippen molar-refractivity contribution in [2.75, 3.05) is 13.7 Å². The first kappa shape index (κ1) is 14.9. The average molecular weight is 318 g/mol. The van der Waals surface area contributed by atoms with Gasteiger partial charge in [-0.3, -0.25) is 0 Å². The molecule has 0 amide bonds. The molecule has 4 nitrogen and oxygen atoms in total. The SMILES string of the molecule is COC(=O)c1ccc2c(c1)OC[C@H](c1ccc(Cl)cc1)NC2. The Kier molecular flexibility index (Phi) is 4.32. The molecule has 0 saturated carbocycles. The molecule has 2 aromatic rings. The summed E-state index contributed by atoms with van der Waals surface area (Å²) in [4.78, 5) is 11.6. The number of carbonyl (C=O) groups excluding carboxylic acids is 1. The summed E-state index contributed by atoms with van der Waals surface area (Å²) in [5.41, 5.74) is 2.63. The number of rotatable bonds is 2. The van der Waals surface area contributed by atoms with Gasteiger partial charge in [-0.05, 0) is 29.8 Å². The van der Waals surface area contributed by atoms with Crippen molar-refractivity contribution in [1.29, 1.82) is 0 Å². The first-order chi connectivity index (χ1) is 10.7. The molecule has 1 aliphatic heterocycles. The van der Waals surface area contributed by atoms with Crippen LogP contribution in [0, 0.1) is 0 Å². The predicted molar refractivity (Wildman–Crippen MR) is 84.3 cm³/mol. The van der Waals surface area contributed by atoms with E-state index in [0.717, 1.165) is 11.1 Å². The number of nitrogens with one attached hydrogen (secondary N) is 1. The largest absolute Gasteiger partial charge is 0.491 e. The fraction of sp³-hybridized carbons (Fsp3) is 0.235. The van der Waals surface area contributed by atoms with Crippen molar-refractivity contribution in [2.45, 2.75) is 12.6 Å². The molecule has 1 heterocycles. The zero-order chi connectivity index (χ0) is 15.5. The van der Waals surface area contributed by atoms with Crippen molar-refractivity contribution in [1.82, 2.24) is 5.32 Å². The van der Waals surface area contributed by atoms with E-state index in [0.29, 0.717) is 29.5 Å². The number of methoxy groups -OCH3 is 1. The van der Waals surface area contributed by atoms with Crippen molar-refractivity contribution in [3.8, 4) is 5.75 Å². The number of halogens is 1. The van der Waals surface area contributed by atoms with Crippen LogP contribution in [0.2, 0.25) is 5.02 Å². The molecule has 0 aliphatic carbocycles. The lowest BCUT2D eigenvalue weighted by Gasteiger charge is -2.15. The molecular weight excluding hydrogens is 302 g/mol. The molecule has 2 aromatic carbocycles. The van der Waals surface area contributed by atoms with Crippen molar-refractivity contribution in [2.24, 2.45) is 0 Å². The van der Waals surface area contributed by atoms with Crippen molar-refractivity contribution < 1.29 is 14.3 Å². The Morgan fingerprint density at radius 2 is 2.05 bits per heavy atom. The lowest BCUT2D eigenvalue weighted by atomic mass is 10.1. The van der Waals surface area contributed by atoms with Gasteiger partial charge in [0.05, 0.1) is 18.7 Å². The Balaban J connectivity index is 1.80. The maximum absolute atomic E-state index is 11.6. The molecule has 114 valence electrons. The van der Waals surface area contributed by atoms with Crippen molar-refractivity contribution in [3.05, 3.63) is 64.2 Å². The molecule has 1 N–H and O–H groups in total. The van der Waals surface area contributed by atoms with E-state index in [1.807, 2.05) is 30.3 Å². The highest BCUT2D eigenvalue weighted by Gasteiger charge is 2.19. The molecule has 22 heavy (non-hydrogen) atoms. The lowest BCUT2D eigenvalue weighted by Crippen LogP contribution is -2.23. The van der Waals surface area contributed by atoms with E-state index in [9.17, 15) is 4.79 Å². The summed E-state index contributed by atoms with van der Waals surface area (Å²) in [7, 11) is 1.37. The average Bonchev–Trinajstić information content (AvgIpc) is 2.77. The Morgan fingerprint density at radius 1 is 1.27 bits per heavy atom. The predicted octanol–water partition coefficient (Wildman–Crippen LogP) is 3.35. The molecule has 0 radical (unpaired) electrons. The monoisotopic (exact) mass is 317 g/mol.